The monoisotopic (exact) mass is 397 g/mol. The average molecular weight is 397 g/mol. The van der Waals surface area contributed by atoms with Gasteiger partial charge in [-0.25, -0.2) is 9.59 Å². The van der Waals surface area contributed by atoms with Crippen molar-refractivity contribution in [2.75, 3.05) is 13.2 Å². The van der Waals surface area contributed by atoms with E-state index in [0.717, 1.165) is 16.9 Å². The topological polar surface area (TPSA) is 73.9 Å². The van der Waals surface area contributed by atoms with Gasteiger partial charge in [-0.3, -0.25) is 0 Å². The molecule has 0 amide bonds. The number of nitrogens with one attached hydrogen (secondary N) is 1. The first-order valence-electron chi connectivity index (χ1n) is 9.88. The van der Waals surface area contributed by atoms with Gasteiger partial charge in [-0.1, -0.05) is 18.2 Å². The quantitative estimate of drug-likeness (QED) is 0.763. The summed E-state index contributed by atoms with van der Waals surface area (Å²) in [7, 11) is 0. The zero-order chi connectivity index (χ0) is 21.1. The van der Waals surface area contributed by atoms with E-state index in [-0.39, 0.29) is 19.3 Å². The molecule has 3 rings (SSSR count). The minimum absolute atomic E-state index is 0.244. The molecule has 6 heteroatoms. The summed E-state index contributed by atoms with van der Waals surface area (Å²) in [5, 5.41) is 3.15. The molecule has 0 unspecified atom stereocenters. The van der Waals surface area contributed by atoms with Crippen LogP contribution < -0.4 is 10.1 Å². The van der Waals surface area contributed by atoms with E-state index in [1.165, 1.54) is 0 Å². The largest absolute Gasteiger partial charge is 0.486 e. The number of para-hydroxylation sites is 1. The molecule has 0 bridgehead atoms. The number of fused-ring (bicyclic) bond motifs is 1. The van der Waals surface area contributed by atoms with Crippen molar-refractivity contribution in [1.29, 1.82) is 0 Å². The van der Waals surface area contributed by atoms with Crippen LogP contribution in [0.1, 0.15) is 40.2 Å². The fraction of sp³-hybridized carbons (Fsp3) is 0.391. The van der Waals surface area contributed by atoms with Gasteiger partial charge in [0.25, 0.3) is 0 Å². The third-order valence-electron chi connectivity index (χ3n) is 5.10. The summed E-state index contributed by atoms with van der Waals surface area (Å²) in [5.74, 6) is -0.750. The van der Waals surface area contributed by atoms with Crippen LogP contribution in [0.15, 0.2) is 52.4 Å². The molecular weight excluding hydrogens is 370 g/mol. The van der Waals surface area contributed by atoms with Crippen molar-refractivity contribution in [2.24, 2.45) is 5.92 Å². The van der Waals surface area contributed by atoms with Gasteiger partial charge in [0, 0.05) is 17.0 Å². The third kappa shape index (κ3) is 3.92. The highest BCUT2D eigenvalue weighted by Crippen LogP contribution is 2.42. The number of dihydropyridines is 1. The fourth-order valence-corrected chi connectivity index (χ4v) is 3.87. The van der Waals surface area contributed by atoms with Crippen molar-refractivity contribution in [3.05, 3.63) is 57.9 Å². The third-order valence-corrected chi connectivity index (χ3v) is 5.10. The molecule has 0 radical (unpaired) electrons. The first-order chi connectivity index (χ1) is 13.9. The van der Waals surface area contributed by atoms with E-state index >= 15 is 0 Å². The second-order valence-corrected chi connectivity index (χ2v) is 7.02. The average Bonchev–Trinajstić information content (AvgIpc) is 2.67. The van der Waals surface area contributed by atoms with Crippen LogP contribution in [0.5, 0.6) is 5.75 Å². The highest BCUT2D eigenvalue weighted by Gasteiger charge is 2.41. The lowest BCUT2D eigenvalue weighted by atomic mass is 9.77. The van der Waals surface area contributed by atoms with Crippen LogP contribution in [0.2, 0.25) is 0 Å². The molecule has 6 nitrogen and oxygen atoms in total. The molecular formula is C23H27NO5. The maximum absolute atomic E-state index is 12.9. The van der Waals surface area contributed by atoms with E-state index in [1.807, 2.05) is 51.1 Å². The Morgan fingerprint density at radius 1 is 1.00 bits per heavy atom. The van der Waals surface area contributed by atoms with Gasteiger partial charge in [-0.15, -0.1) is 0 Å². The fourth-order valence-electron chi connectivity index (χ4n) is 3.87. The summed E-state index contributed by atoms with van der Waals surface area (Å²) in [4.78, 5) is 25.8. The standard InChI is InChI=1S/C23H27NO5/c1-6-27-22(25)19-13(3)24-14(4)20(23(26)28-7-2)21(19)17-12-16-10-8-9-11-18(16)29-15(17)5/h8-12,15,21,24H,6-7H2,1-5H3/t15-/m0/s1. The number of benzene rings is 1. The summed E-state index contributed by atoms with van der Waals surface area (Å²) in [6.07, 6.45) is 1.67. The van der Waals surface area contributed by atoms with Gasteiger partial charge in [0.1, 0.15) is 11.9 Å². The molecule has 0 aliphatic carbocycles. The number of esters is 2. The van der Waals surface area contributed by atoms with Gasteiger partial charge >= 0.3 is 11.9 Å². The van der Waals surface area contributed by atoms with E-state index < -0.39 is 17.9 Å². The van der Waals surface area contributed by atoms with Crippen LogP contribution >= 0.6 is 0 Å². The van der Waals surface area contributed by atoms with Crippen LogP contribution in [-0.2, 0) is 19.1 Å². The molecule has 1 atom stereocenters. The molecule has 0 saturated carbocycles. The zero-order valence-electron chi connectivity index (χ0n) is 17.5. The maximum atomic E-state index is 12.9. The number of ether oxygens (including phenoxy) is 3. The van der Waals surface area contributed by atoms with Crippen molar-refractivity contribution >= 4 is 18.0 Å². The number of allylic oxidation sites excluding steroid dienone is 2. The lowest BCUT2D eigenvalue weighted by Crippen LogP contribution is -2.38. The van der Waals surface area contributed by atoms with Gasteiger partial charge in [0.15, 0.2) is 0 Å². The number of hydrogen-bond donors (Lipinski definition) is 1. The summed E-state index contributed by atoms with van der Waals surface area (Å²) in [6, 6.07) is 7.69. The summed E-state index contributed by atoms with van der Waals surface area (Å²) >= 11 is 0. The van der Waals surface area contributed by atoms with Crippen molar-refractivity contribution in [3.8, 4) is 5.75 Å². The van der Waals surface area contributed by atoms with Gasteiger partial charge in [0.2, 0.25) is 0 Å². The molecule has 29 heavy (non-hydrogen) atoms. The van der Waals surface area contributed by atoms with E-state index in [4.69, 9.17) is 14.2 Å². The van der Waals surface area contributed by atoms with Gasteiger partial charge in [-0.2, -0.15) is 0 Å². The Bertz CT molecular complexity index is 885. The van der Waals surface area contributed by atoms with Crippen LogP contribution in [0, 0.1) is 5.92 Å². The number of carbonyl (C=O) groups excluding carboxylic acids is 2. The lowest BCUT2D eigenvalue weighted by molar-refractivity contribution is -0.139. The van der Waals surface area contributed by atoms with Crippen molar-refractivity contribution in [2.45, 2.75) is 40.7 Å². The maximum Gasteiger partial charge on any atom is 0.336 e. The first kappa shape index (κ1) is 20.7. The molecule has 154 valence electrons. The first-order valence-corrected chi connectivity index (χ1v) is 9.88. The smallest absolute Gasteiger partial charge is 0.336 e. The molecule has 0 spiro atoms. The Kier molecular flexibility index (Phi) is 6.11. The van der Waals surface area contributed by atoms with Crippen molar-refractivity contribution in [3.63, 3.8) is 0 Å². The van der Waals surface area contributed by atoms with Crippen molar-refractivity contribution in [1.82, 2.24) is 5.32 Å². The Labute approximate surface area is 171 Å². The molecule has 1 aromatic rings. The molecule has 2 aliphatic heterocycles. The number of rotatable bonds is 5. The lowest BCUT2D eigenvalue weighted by Gasteiger charge is -2.35. The zero-order valence-corrected chi connectivity index (χ0v) is 17.5. The van der Waals surface area contributed by atoms with Crippen molar-refractivity contribution < 1.29 is 23.8 Å². The highest BCUT2D eigenvalue weighted by atomic mass is 16.5. The highest BCUT2D eigenvalue weighted by molar-refractivity contribution is 5.99. The minimum atomic E-state index is -0.613. The van der Waals surface area contributed by atoms with Crippen LogP contribution in [0.4, 0.5) is 0 Å². The predicted octanol–water partition coefficient (Wildman–Crippen LogP) is 3.74. The van der Waals surface area contributed by atoms with Crippen LogP contribution in [0.25, 0.3) is 6.08 Å². The van der Waals surface area contributed by atoms with E-state index in [1.54, 1.807) is 13.8 Å². The Balaban J connectivity index is 2.19. The number of carbonyl (C=O) groups is 2. The second kappa shape index (κ2) is 8.55. The summed E-state index contributed by atoms with van der Waals surface area (Å²) in [6.45, 7) is 9.55. The van der Waals surface area contributed by atoms with Crippen LogP contribution in [-0.4, -0.2) is 31.3 Å². The van der Waals surface area contributed by atoms with Crippen LogP contribution in [0.3, 0.4) is 0 Å². The van der Waals surface area contributed by atoms with E-state index in [2.05, 4.69) is 5.32 Å². The Hall–Kier alpha value is -3.02. The van der Waals surface area contributed by atoms with Gasteiger partial charge in [0.05, 0.1) is 30.3 Å². The Morgan fingerprint density at radius 2 is 1.55 bits per heavy atom. The van der Waals surface area contributed by atoms with Gasteiger partial charge in [-0.05, 0) is 52.3 Å². The second-order valence-electron chi connectivity index (χ2n) is 7.02. The normalized spacial score (nSPS) is 19.1. The molecule has 2 aliphatic rings. The summed E-state index contributed by atoms with van der Waals surface area (Å²) in [5.41, 5.74) is 3.84. The van der Waals surface area contributed by atoms with Gasteiger partial charge < -0.3 is 19.5 Å². The van der Waals surface area contributed by atoms with E-state index in [9.17, 15) is 9.59 Å². The molecule has 2 heterocycles. The molecule has 1 aromatic carbocycles. The summed E-state index contributed by atoms with van der Waals surface area (Å²) < 4.78 is 16.7. The minimum Gasteiger partial charge on any atom is -0.486 e. The SMILES string of the molecule is CCOC(=O)C1=C(C)NC(C)=C(C(=O)OCC)C1C1=Cc2ccccc2O[C@H]1C. The number of hydrogen-bond acceptors (Lipinski definition) is 6. The molecule has 1 N–H and O–H groups in total. The van der Waals surface area contributed by atoms with E-state index in [0.29, 0.717) is 22.5 Å². The molecule has 0 aromatic heterocycles. The molecule has 0 saturated heterocycles. The predicted molar refractivity (Wildman–Crippen MR) is 110 cm³/mol. The Morgan fingerprint density at radius 3 is 2.10 bits per heavy atom. The molecule has 0 fully saturated rings.